The van der Waals surface area contributed by atoms with Gasteiger partial charge in [0.1, 0.15) is 29.7 Å². The summed E-state index contributed by atoms with van der Waals surface area (Å²) in [5.74, 6) is 0.561. The van der Waals surface area contributed by atoms with E-state index >= 15 is 0 Å². The van der Waals surface area contributed by atoms with Crippen LogP contribution >= 0.6 is 45.2 Å². The second kappa shape index (κ2) is 14.7. The number of anilines is 1. The average Bonchev–Trinajstić information content (AvgIpc) is 3.63. The zero-order valence-corrected chi connectivity index (χ0v) is 28.5. The van der Waals surface area contributed by atoms with Gasteiger partial charge in [0.25, 0.3) is 5.91 Å². The van der Waals surface area contributed by atoms with Gasteiger partial charge in [-0.1, -0.05) is 0 Å². The molecule has 3 aromatic carbocycles. The van der Waals surface area contributed by atoms with Crippen LogP contribution in [-0.2, 0) is 11.4 Å². The van der Waals surface area contributed by atoms with E-state index in [9.17, 15) is 14.0 Å². The van der Waals surface area contributed by atoms with Crippen molar-refractivity contribution >= 4 is 68.9 Å². The Morgan fingerprint density at radius 3 is 2.24 bits per heavy atom. The molecule has 0 saturated heterocycles. The highest BCUT2D eigenvalue weighted by atomic mass is 127. The highest BCUT2D eigenvalue weighted by Crippen LogP contribution is 2.29. The van der Waals surface area contributed by atoms with Crippen LogP contribution in [0.3, 0.4) is 0 Å². The number of carbonyl (C=O) groups excluding carboxylic acids is 2. The van der Waals surface area contributed by atoms with Crippen molar-refractivity contribution in [3.63, 3.8) is 0 Å². The first-order chi connectivity index (χ1) is 21.7. The molecule has 5 rings (SSSR count). The molecule has 45 heavy (non-hydrogen) atoms. The maximum atomic E-state index is 13.1. The Morgan fingerprint density at radius 2 is 1.58 bits per heavy atom. The molecule has 2 amide bonds. The number of nitrogens with zero attached hydrogens (tertiary/aromatic N) is 2. The van der Waals surface area contributed by atoms with E-state index in [1.165, 1.54) is 30.5 Å². The van der Waals surface area contributed by atoms with E-state index in [1.807, 2.05) is 24.3 Å². The highest BCUT2D eigenvalue weighted by molar-refractivity contribution is 14.1. The predicted octanol–water partition coefficient (Wildman–Crippen LogP) is 7.40. The summed E-state index contributed by atoms with van der Waals surface area (Å²) in [5.41, 5.74) is 7.02. The molecule has 0 bridgehead atoms. The zero-order valence-electron chi connectivity index (χ0n) is 24.1. The molecule has 0 radical (unpaired) electrons. The molecule has 230 valence electrons. The number of ether oxygens (including phenoxy) is 2. The number of nitrogens with one attached hydrogen (secondary N) is 2. The summed E-state index contributed by atoms with van der Waals surface area (Å²) >= 11 is 4.20. The van der Waals surface area contributed by atoms with Gasteiger partial charge in [0, 0.05) is 22.8 Å². The Hall–Kier alpha value is -4.18. The summed E-state index contributed by atoms with van der Waals surface area (Å²) in [7, 11) is 0. The fraction of sp³-hybridized carbons (Fsp3) is 0.121. The van der Waals surface area contributed by atoms with Gasteiger partial charge in [-0.05, 0) is 150 Å². The average molecular weight is 832 g/mol. The molecule has 2 aromatic heterocycles. The second-order valence-corrected chi connectivity index (χ2v) is 12.2. The fourth-order valence-corrected chi connectivity index (χ4v) is 6.51. The van der Waals surface area contributed by atoms with Crippen molar-refractivity contribution in [3.05, 3.63) is 126 Å². The molecule has 12 heteroatoms. The van der Waals surface area contributed by atoms with Crippen LogP contribution in [0.15, 0.2) is 94.4 Å². The Balaban J connectivity index is 1.10. The van der Waals surface area contributed by atoms with Gasteiger partial charge in [0.05, 0.1) is 13.4 Å². The maximum absolute atomic E-state index is 13.1. The van der Waals surface area contributed by atoms with Crippen molar-refractivity contribution in [1.82, 2.24) is 9.99 Å². The molecule has 0 unspecified atom stereocenters. The highest BCUT2D eigenvalue weighted by Gasteiger charge is 2.13. The summed E-state index contributed by atoms with van der Waals surface area (Å²) in [6.45, 7) is 4.07. The Morgan fingerprint density at radius 1 is 0.911 bits per heavy atom. The molecule has 0 atom stereocenters. The molecule has 0 aliphatic heterocycles. The van der Waals surface area contributed by atoms with Gasteiger partial charge in [-0.3, -0.25) is 9.59 Å². The molecule has 2 N–H and O–H groups in total. The second-order valence-electron chi connectivity index (χ2n) is 9.86. The topological polar surface area (TPSA) is 107 Å². The summed E-state index contributed by atoms with van der Waals surface area (Å²) < 4.78 is 33.9. The van der Waals surface area contributed by atoms with E-state index in [2.05, 4.69) is 91.6 Å². The number of furan rings is 1. The lowest BCUT2D eigenvalue weighted by Crippen LogP contribution is -2.20. The Bertz CT molecular complexity index is 1810. The largest absolute Gasteiger partial charge is 0.486 e. The summed E-state index contributed by atoms with van der Waals surface area (Å²) in [4.78, 5) is 24.8. The smallest absolute Gasteiger partial charge is 0.307 e. The molecule has 0 aliphatic rings. The van der Waals surface area contributed by atoms with E-state index in [1.54, 1.807) is 24.3 Å². The van der Waals surface area contributed by atoms with E-state index in [4.69, 9.17) is 13.9 Å². The molecular weight excluding hydrogens is 805 g/mol. The number of amides is 2. The van der Waals surface area contributed by atoms with Gasteiger partial charge in [-0.15, -0.1) is 0 Å². The lowest BCUT2D eigenvalue weighted by Gasteiger charge is -2.11. The Labute approximate surface area is 286 Å². The molecule has 0 fully saturated rings. The molecule has 0 saturated carbocycles. The Kier molecular flexibility index (Phi) is 10.5. The normalized spacial score (nSPS) is 11.0. The number of hydrogen-bond acceptors (Lipinski definition) is 6. The molecule has 0 spiro atoms. The molecule has 9 nitrogen and oxygen atoms in total. The van der Waals surface area contributed by atoms with Crippen LogP contribution in [-0.4, -0.2) is 29.2 Å². The van der Waals surface area contributed by atoms with Crippen LogP contribution in [0.4, 0.5) is 10.1 Å². The van der Waals surface area contributed by atoms with Gasteiger partial charge < -0.3 is 23.8 Å². The van der Waals surface area contributed by atoms with Crippen molar-refractivity contribution in [2.45, 2.75) is 20.5 Å². The quantitative estimate of drug-likeness (QED) is 0.0821. The number of aromatic nitrogens is 1. The van der Waals surface area contributed by atoms with Crippen LogP contribution in [0, 0.1) is 26.8 Å². The number of benzene rings is 3. The first-order valence-corrected chi connectivity index (χ1v) is 15.8. The SMILES string of the molecule is Cc1ccc(C)n1-c1ccc(OCc2ccc(C(=O)N/N=C/c3cc(I)c(OCC(=O)Nc4ccc(F)cc4)c(I)c3)o2)cc1. The lowest BCUT2D eigenvalue weighted by atomic mass is 10.2. The third-order valence-corrected chi connectivity index (χ3v) is 8.11. The van der Waals surface area contributed by atoms with E-state index < -0.39 is 5.91 Å². The maximum Gasteiger partial charge on any atom is 0.307 e. The minimum atomic E-state index is -0.504. The standard InChI is InChI=1S/C33H27FI2N4O5/c1-20-3-4-21(2)40(20)25-9-11-26(12-10-25)43-18-27-13-14-30(45-27)33(42)39-37-17-22-15-28(35)32(29(36)16-22)44-19-31(41)38-24-7-5-23(34)6-8-24/h3-17H,18-19H2,1-2H3,(H,38,41)(H,39,42)/b37-17+. The molecule has 0 aliphatic carbocycles. The van der Waals surface area contributed by atoms with E-state index in [0.29, 0.717) is 28.5 Å². The van der Waals surface area contributed by atoms with Crippen LogP contribution in [0.25, 0.3) is 5.69 Å². The summed E-state index contributed by atoms with van der Waals surface area (Å²) in [5, 5.41) is 6.70. The molecule has 2 heterocycles. The minimum absolute atomic E-state index is 0.103. The monoisotopic (exact) mass is 832 g/mol. The summed E-state index contributed by atoms with van der Waals surface area (Å²) in [6.07, 6.45) is 1.50. The first-order valence-electron chi connectivity index (χ1n) is 13.6. The van der Waals surface area contributed by atoms with Crippen molar-refractivity contribution < 1.29 is 27.9 Å². The van der Waals surface area contributed by atoms with Crippen LogP contribution in [0.2, 0.25) is 0 Å². The first kappa shape index (κ1) is 32.2. The summed E-state index contributed by atoms with van der Waals surface area (Å²) in [6, 6.07) is 24.3. The number of hydrogen-bond donors (Lipinski definition) is 2. The number of aryl methyl sites for hydroxylation is 2. The van der Waals surface area contributed by atoms with Gasteiger partial charge >= 0.3 is 5.91 Å². The van der Waals surface area contributed by atoms with Crippen molar-refractivity contribution in [1.29, 1.82) is 0 Å². The zero-order chi connectivity index (χ0) is 31.9. The molecular formula is C33H27FI2N4O5. The minimum Gasteiger partial charge on any atom is -0.486 e. The van der Waals surface area contributed by atoms with E-state index in [-0.39, 0.29) is 30.7 Å². The number of carbonyl (C=O) groups is 2. The predicted molar refractivity (Wildman–Crippen MR) is 186 cm³/mol. The van der Waals surface area contributed by atoms with Crippen LogP contribution in [0.1, 0.15) is 33.3 Å². The third-order valence-electron chi connectivity index (χ3n) is 6.51. The molecule has 5 aromatic rings. The number of halogens is 3. The van der Waals surface area contributed by atoms with Gasteiger partial charge in [0.15, 0.2) is 12.4 Å². The van der Waals surface area contributed by atoms with Gasteiger partial charge in [-0.2, -0.15) is 5.10 Å². The van der Waals surface area contributed by atoms with E-state index in [0.717, 1.165) is 24.2 Å². The van der Waals surface area contributed by atoms with Crippen molar-refractivity contribution in [2.24, 2.45) is 5.10 Å². The number of hydrazone groups is 1. The van der Waals surface area contributed by atoms with Gasteiger partial charge in [-0.25, -0.2) is 9.82 Å². The van der Waals surface area contributed by atoms with Crippen molar-refractivity contribution in [3.8, 4) is 17.2 Å². The fourth-order valence-electron chi connectivity index (χ4n) is 4.38. The van der Waals surface area contributed by atoms with Crippen LogP contribution in [0.5, 0.6) is 11.5 Å². The van der Waals surface area contributed by atoms with Crippen LogP contribution < -0.4 is 20.2 Å². The van der Waals surface area contributed by atoms with Crippen molar-refractivity contribution in [2.75, 3.05) is 11.9 Å². The van der Waals surface area contributed by atoms with Gasteiger partial charge in [0.2, 0.25) is 0 Å². The third kappa shape index (κ3) is 8.51. The number of rotatable bonds is 11. The lowest BCUT2D eigenvalue weighted by molar-refractivity contribution is -0.118.